The van der Waals surface area contributed by atoms with Gasteiger partial charge in [0.2, 0.25) is 0 Å². The molecular formula is C19H25BO. The molecule has 21 heavy (non-hydrogen) atoms. The Morgan fingerprint density at radius 3 is 2.38 bits per heavy atom. The Hall–Kier alpha value is -1.57. The zero-order chi connectivity index (χ0) is 15.6. The molecule has 0 bridgehead atoms. The molecule has 110 valence electrons. The van der Waals surface area contributed by atoms with Gasteiger partial charge < -0.3 is 0 Å². The number of benzene rings is 1. The van der Waals surface area contributed by atoms with Crippen molar-refractivity contribution < 1.29 is 4.42 Å². The second-order valence-corrected chi connectivity index (χ2v) is 6.88. The van der Waals surface area contributed by atoms with Crippen molar-refractivity contribution >= 4 is 13.0 Å². The van der Waals surface area contributed by atoms with E-state index in [0.717, 1.165) is 28.9 Å². The van der Waals surface area contributed by atoms with Crippen LogP contribution in [0.3, 0.4) is 0 Å². The normalized spacial score (nSPS) is 11.7. The number of rotatable bonds is 5. The molecule has 0 amide bonds. The van der Waals surface area contributed by atoms with Gasteiger partial charge in [0.05, 0.1) is 0 Å². The van der Waals surface area contributed by atoms with Crippen molar-refractivity contribution in [2.75, 3.05) is 0 Å². The van der Waals surface area contributed by atoms with Crippen LogP contribution in [0.5, 0.6) is 0 Å². The summed E-state index contributed by atoms with van der Waals surface area (Å²) in [4.78, 5) is 0. The van der Waals surface area contributed by atoms with Gasteiger partial charge in [0, 0.05) is 0 Å². The molecule has 0 radical (unpaired) electrons. The van der Waals surface area contributed by atoms with Crippen LogP contribution >= 0.6 is 0 Å². The zero-order valence-corrected chi connectivity index (χ0v) is 13.9. The molecule has 0 N–H and O–H groups in total. The third kappa shape index (κ3) is 3.55. The molecule has 1 nitrogen and oxygen atoms in total. The monoisotopic (exact) mass is 280 g/mol. The van der Waals surface area contributed by atoms with Gasteiger partial charge in [-0.25, -0.2) is 0 Å². The van der Waals surface area contributed by atoms with Gasteiger partial charge in [-0.1, -0.05) is 0 Å². The van der Waals surface area contributed by atoms with Crippen LogP contribution in [0, 0.1) is 18.3 Å². The Bertz CT molecular complexity index is 618. The van der Waals surface area contributed by atoms with Crippen molar-refractivity contribution in [2.45, 2.75) is 41.0 Å². The summed E-state index contributed by atoms with van der Waals surface area (Å²) in [6, 6.07) is 8.45. The Labute approximate surface area is 129 Å². The molecule has 0 aliphatic heterocycles. The van der Waals surface area contributed by atoms with E-state index in [0.29, 0.717) is 5.92 Å². The topological polar surface area (TPSA) is 13.1 Å². The van der Waals surface area contributed by atoms with Gasteiger partial charge in [-0.3, -0.25) is 0 Å². The molecule has 0 unspecified atom stereocenters. The molecule has 1 aromatic heterocycles. The van der Waals surface area contributed by atoms with Crippen LogP contribution in [-0.2, 0) is 6.42 Å². The van der Waals surface area contributed by atoms with E-state index in [1.54, 1.807) is 0 Å². The van der Waals surface area contributed by atoms with E-state index >= 15 is 0 Å². The molecule has 0 aliphatic rings. The van der Waals surface area contributed by atoms with Gasteiger partial charge in [-0.05, 0) is 0 Å². The second-order valence-electron chi connectivity index (χ2n) is 6.88. The van der Waals surface area contributed by atoms with Crippen molar-refractivity contribution in [1.82, 2.24) is 0 Å². The van der Waals surface area contributed by atoms with Crippen LogP contribution in [0.15, 0.2) is 35.3 Å². The Balaban J connectivity index is 2.36. The first-order chi connectivity index (χ1) is 9.83. The zero-order valence-electron chi connectivity index (χ0n) is 13.9. The van der Waals surface area contributed by atoms with E-state index < -0.39 is 0 Å². The summed E-state index contributed by atoms with van der Waals surface area (Å²) >= 11 is 0. The summed E-state index contributed by atoms with van der Waals surface area (Å²) < 4.78 is 6.15. The quantitative estimate of drug-likeness (QED) is 0.708. The van der Waals surface area contributed by atoms with E-state index in [-0.39, 0.29) is 5.41 Å². The van der Waals surface area contributed by atoms with E-state index in [2.05, 4.69) is 72.4 Å². The van der Waals surface area contributed by atoms with Gasteiger partial charge in [-0.15, -0.1) is 0 Å². The van der Waals surface area contributed by atoms with Crippen LogP contribution in [0.2, 0.25) is 0 Å². The molecule has 2 rings (SSSR count). The van der Waals surface area contributed by atoms with Gasteiger partial charge in [0.15, 0.2) is 0 Å². The summed E-state index contributed by atoms with van der Waals surface area (Å²) in [6.45, 7) is 17.2. The predicted molar refractivity (Wildman–Crippen MR) is 92.6 cm³/mol. The predicted octanol–water partition coefficient (Wildman–Crippen LogP) is 5.46. The summed E-state index contributed by atoms with van der Waals surface area (Å²) in [5.74, 6) is 1.64. The first-order valence-corrected chi connectivity index (χ1v) is 7.65. The van der Waals surface area contributed by atoms with Crippen LogP contribution in [-0.4, -0.2) is 6.91 Å². The van der Waals surface area contributed by atoms with Gasteiger partial charge >= 0.3 is 129 Å². The number of hydrogen-bond acceptors (Lipinski definition) is 1. The van der Waals surface area contributed by atoms with Gasteiger partial charge in [0.1, 0.15) is 0 Å². The van der Waals surface area contributed by atoms with Gasteiger partial charge in [0.25, 0.3) is 0 Å². The van der Waals surface area contributed by atoms with Gasteiger partial charge in [-0.2, -0.15) is 0 Å². The average Bonchev–Trinajstić information content (AvgIpc) is 2.81. The Kier molecular flexibility index (Phi) is 4.56. The maximum atomic E-state index is 6.15. The molecule has 0 saturated carbocycles. The van der Waals surface area contributed by atoms with E-state index in [1.165, 1.54) is 5.56 Å². The molecule has 0 fully saturated rings. The summed E-state index contributed by atoms with van der Waals surface area (Å²) in [5, 5.41) is 0. The minimum absolute atomic E-state index is 0.208. The minimum atomic E-state index is 0.208. The fraction of sp³-hybridized carbons (Fsp3) is 0.421. The standard InChI is InChI=1S/C19H25BO/c1-7-16-17(12-19(5,6)13(2)3)21-18(20-16)15-10-8-14(4)9-11-15/h7-11,13H,1,12H2,2-6H3. The SMILES string of the molecule is C=Cc1bc(-c2ccc(C)cc2)oc1CC(C)(C)C(C)C. The van der Waals surface area contributed by atoms with Crippen molar-refractivity contribution in [2.24, 2.45) is 11.3 Å². The summed E-state index contributed by atoms with van der Waals surface area (Å²) in [5.41, 5.74) is 4.63. The maximum absolute atomic E-state index is 6.15. The summed E-state index contributed by atoms with van der Waals surface area (Å²) in [6.07, 6.45) is 2.82. The molecule has 2 heteroatoms. The first kappa shape index (κ1) is 15.8. The van der Waals surface area contributed by atoms with Crippen LogP contribution in [0.1, 0.15) is 44.5 Å². The second kappa shape index (κ2) is 6.05. The molecule has 0 aliphatic carbocycles. The molecule has 0 saturated heterocycles. The van der Waals surface area contributed by atoms with Crippen molar-refractivity contribution in [1.29, 1.82) is 0 Å². The third-order valence-corrected chi connectivity index (χ3v) is 4.58. The van der Waals surface area contributed by atoms with Crippen LogP contribution in [0.25, 0.3) is 17.3 Å². The van der Waals surface area contributed by atoms with Crippen LogP contribution in [0.4, 0.5) is 0 Å². The molecule has 2 aromatic rings. The average molecular weight is 280 g/mol. The molecule has 0 atom stereocenters. The fourth-order valence-corrected chi connectivity index (χ4v) is 2.23. The summed E-state index contributed by atoms with van der Waals surface area (Å²) in [7, 11) is 0. The number of hydrogen-bond donors (Lipinski definition) is 0. The van der Waals surface area contributed by atoms with E-state index in [4.69, 9.17) is 4.42 Å². The molecular weight excluding hydrogens is 255 g/mol. The van der Waals surface area contributed by atoms with Crippen molar-refractivity contribution in [3.05, 3.63) is 47.6 Å². The van der Waals surface area contributed by atoms with Crippen molar-refractivity contribution in [3.63, 3.8) is 0 Å². The third-order valence-electron chi connectivity index (χ3n) is 4.58. The Morgan fingerprint density at radius 2 is 1.86 bits per heavy atom. The Morgan fingerprint density at radius 1 is 1.24 bits per heavy atom. The number of aryl methyl sites for hydroxylation is 1. The van der Waals surface area contributed by atoms with Crippen molar-refractivity contribution in [3.8, 4) is 11.2 Å². The van der Waals surface area contributed by atoms with E-state index in [9.17, 15) is 0 Å². The van der Waals surface area contributed by atoms with E-state index in [1.807, 2.05) is 6.08 Å². The molecule has 1 aromatic carbocycles. The van der Waals surface area contributed by atoms with Crippen LogP contribution < -0.4 is 0 Å². The molecule has 1 heterocycles. The molecule has 0 spiro atoms. The fourth-order valence-electron chi connectivity index (χ4n) is 2.23. The first-order valence-electron chi connectivity index (χ1n) is 7.65.